The minimum Gasteiger partial charge on any atom is -0.383 e. The lowest BCUT2D eigenvalue weighted by atomic mass is 10.1. The molecule has 7 nitrogen and oxygen atoms in total. The van der Waals surface area contributed by atoms with Crippen molar-refractivity contribution < 1.29 is 14.3 Å². The van der Waals surface area contributed by atoms with Crippen molar-refractivity contribution in [3.8, 4) is 0 Å². The Balaban J connectivity index is 1.72. The maximum absolute atomic E-state index is 12.4. The number of nitrogens with two attached hydrogens (primary N) is 1. The summed E-state index contributed by atoms with van der Waals surface area (Å²) in [6.45, 7) is 8.25. The minimum atomic E-state index is -0.116. The molecule has 0 aliphatic carbocycles. The molecule has 0 spiro atoms. The first-order valence-corrected chi connectivity index (χ1v) is 9.70. The Morgan fingerprint density at radius 3 is 2.73 bits per heavy atom. The fourth-order valence-corrected chi connectivity index (χ4v) is 3.24. The van der Waals surface area contributed by atoms with Gasteiger partial charge in [0.1, 0.15) is 0 Å². The molecule has 0 radical (unpaired) electrons. The number of hydrogen-bond donors (Lipinski definition) is 3. The first kappa shape index (κ1) is 20.7. The van der Waals surface area contributed by atoms with Gasteiger partial charge in [-0.05, 0) is 30.7 Å². The Morgan fingerprint density at radius 2 is 2.08 bits per heavy atom. The molecular weight excluding hydrogens is 352 g/mol. The summed E-state index contributed by atoms with van der Waals surface area (Å²) in [4.78, 5) is 16.7. The smallest absolute Gasteiger partial charge is 0.257 e. The Kier molecular flexibility index (Phi) is 8.90. The van der Waals surface area contributed by atoms with Gasteiger partial charge in [-0.1, -0.05) is 18.7 Å². The van der Waals surface area contributed by atoms with Gasteiger partial charge in [0.15, 0.2) is 5.17 Å². The van der Waals surface area contributed by atoms with Gasteiger partial charge in [-0.15, -0.1) is 0 Å². The van der Waals surface area contributed by atoms with Crippen LogP contribution in [0.5, 0.6) is 0 Å². The van der Waals surface area contributed by atoms with Crippen LogP contribution in [0.2, 0.25) is 0 Å². The number of carbonyl (C=O) groups excluding carboxylic acids is 1. The fourth-order valence-electron chi connectivity index (χ4n) is 2.41. The molecule has 144 valence electrons. The van der Waals surface area contributed by atoms with Gasteiger partial charge >= 0.3 is 0 Å². The molecule has 1 heterocycles. The van der Waals surface area contributed by atoms with E-state index in [0.717, 1.165) is 17.8 Å². The largest absolute Gasteiger partial charge is 0.383 e. The first-order chi connectivity index (χ1) is 12.6. The predicted octanol–water partition coefficient (Wildman–Crippen LogP) is 1.62. The Labute approximate surface area is 159 Å². The molecule has 0 bridgehead atoms. The lowest BCUT2D eigenvalue weighted by Gasteiger charge is -2.11. The number of thioether (sulfide) groups is 1. The highest BCUT2D eigenvalue weighted by Gasteiger charge is 2.18. The van der Waals surface area contributed by atoms with Crippen molar-refractivity contribution in [1.82, 2.24) is 5.32 Å². The second-order valence-corrected chi connectivity index (χ2v) is 7.43. The van der Waals surface area contributed by atoms with Crippen molar-refractivity contribution >= 4 is 28.5 Å². The molecular formula is C18H28N4O3S. The zero-order valence-corrected chi connectivity index (χ0v) is 16.2. The highest BCUT2D eigenvalue weighted by atomic mass is 32.2. The number of benzene rings is 1. The van der Waals surface area contributed by atoms with Crippen LogP contribution in [0.4, 0.5) is 5.69 Å². The third kappa shape index (κ3) is 6.95. The highest BCUT2D eigenvalue weighted by molar-refractivity contribution is 8.14. The molecule has 1 aromatic rings. The zero-order valence-electron chi connectivity index (χ0n) is 15.4. The van der Waals surface area contributed by atoms with Crippen molar-refractivity contribution in [2.24, 2.45) is 10.7 Å². The van der Waals surface area contributed by atoms with E-state index < -0.39 is 0 Å². The number of hydrogen-bond acceptors (Lipinski definition) is 7. The van der Waals surface area contributed by atoms with Crippen LogP contribution in [-0.2, 0) is 9.47 Å². The van der Waals surface area contributed by atoms with E-state index in [9.17, 15) is 4.79 Å². The summed E-state index contributed by atoms with van der Waals surface area (Å²) in [6, 6.07) is 5.70. The van der Waals surface area contributed by atoms with Crippen molar-refractivity contribution in [1.29, 1.82) is 0 Å². The molecule has 26 heavy (non-hydrogen) atoms. The number of carbonyl (C=O) groups is 1. The molecule has 1 unspecified atom stereocenters. The van der Waals surface area contributed by atoms with Crippen molar-refractivity contribution in [3.63, 3.8) is 0 Å². The van der Waals surface area contributed by atoms with Crippen LogP contribution in [0.1, 0.15) is 22.8 Å². The SMILES string of the molecule is Cc1cc(NCCOCCOCCN)ccc1C(=O)NC1=NCC(C)S1. The van der Waals surface area contributed by atoms with E-state index in [0.29, 0.717) is 55.5 Å². The molecule has 0 aromatic heterocycles. The molecule has 4 N–H and O–H groups in total. The number of nitrogens with one attached hydrogen (secondary N) is 2. The average molecular weight is 381 g/mol. The average Bonchev–Trinajstić information content (AvgIpc) is 3.02. The van der Waals surface area contributed by atoms with Gasteiger partial charge in [0.25, 0.3) is 5.91 Å². The Morgan fingerprint density at radius 1 is 1.31 bits per heavy atom. The normalized spacial score (nSPS) is 16.4. The standard InChI is InChI=1S/C18H28N4O3S/c1-13-11-15(20-6-8-25-10-9-24-7-5-19)3-4-16(13)17(23)22-18-21-12-14(2)26-18/h3-4,11,14,20H,5-10,12,19H2,1-2H3,(H,21,22,23). The van der Waals surface area contributed by atoms with Crippen LogP contribution in [0, 0.1) is 6.92 Å². The van der Waals surface area contributed by atoms with Gasteiger partial charge in [0, 0.05) is 29.6 Å². The van der Waals surface area contributed by atoms with Crippen LogP contribution >= 0.6 is 11.8 Å². The van der Waals surface area contributed by atoms with Gasteiger partial charge in [-0.25, -0.2) is 0 Å². The van der Waals surface area contributed by atoms with E-state index in [2.05, 4.69) is 22.5 Å². The number of aliphatic imine (C=N–C) groups is 1. The van der Waals surface area contributed by atoms with Crippen molar-refractivity contribution in [2.75, 3.05) is 51.4 Å². The number of ether oxygens (including phenoxy) is 2. The Bertz CT molecular complexity index is 624. The summed E-state index contributed by atoms with van der Waals surface area (Å²) in [5.41, 5.74) is 7.87. The van der Waals surface area contributed by atoms with Gasteiger partial charge in [0.05, 0.1) is 33.0 Å². The van der Waals surface area contributed by atoms with Gasteiger partial charge in [-0.3, -0.25) is 9.79 Å². The molecule has 1 aliphatic heterocycles. The number of aryl methyl sites for hydroxylation is 1. The molecule has 0 saturated heterocycles. The monoisotopic (exact) mass is 380 g/mol. The molecule has 1 atom stereocenters. The van der Waals surface area contributed by atoms with Gasteiger partial charge in [0.2, 0.25) is 0 Å². The number of amides is 1. The summed E-state index contributed by atoms with van der Waals surface area (Å²) in [6.07, 6.45) is 0. The van der Waals surface area contributed by atoms with Crippen LogP contribution in [0.3, 0.4) is 0 Å². The second kappa shape index (κ2) is 11.2. The van der Waals surface area contributed by atoms with Crippen LogP contribution in [-0.4, -0.2) is 62.4 Å². The summed E-state index contributed by atoms with van der Waals surface area (Å²) in [7, 11) is 0. The maximum Gasteiger partial charge on any atom is 0.257 e. The zero-order chi connectivity index (χ0) is 18.8. The summed E-state index contributed by atoms with van der Waals surface area (Å²) >= 11 is 1.60. The van der Waals surface area contributed by atoms with Crippen molar-refractivity contribution in [3.05, 3.63) is 29.3 Å². The molecule has 8 heteroatoms. The summed E-state index contributed by atoms with van der Waals surface area (Å²) in [5.74, 6) is -0.116. The maximum atomic E-state index is 12.4. The molecule has 1 aliphatic rings. The second-order valence-electron chi connectivity index (χ2n) is 6.00. The fraction of sp³-hybridized carbons (Fsp3) is 0.556. The highest BCUT2D eigenvalue weighted by Crippen LogP contribution is 2.20. The summed E-state index contributed by atoms with van der Waals surface area (Å²) in [5, 5.41) is 7.30. The topological polar surface area (TPSA) is 98.0 Å². The lowest BCUT2D eigenvalue weighted by molar-refractivity contribution is 0.0548. The molecule has 0 saturated carbocycles. The quantitative estimate of drug-likeness (QED) is 0.534. The molecule has 2 rings (SSSR count). The van der Waals surface area contributed by atoms with E-state index >= 15 is 0 Å². The molecule has 1 aromatic carbocycles. The van der Waals surface area contributed by atoms with Crippen LogP contribution in [0.25, 0.3) is 0 Å². The van der Waals surface area contributed by atoms with Crippen LogP contribution < -0.4 is 16.4 Å². The third-order valence-electron chi connectivity index (χ3n) is 3.71. The van der Waals surface area contributed by atoms with E-state index in [-0.39, 0.29) is 5.91 Å². The molecule has 0 fully saturated rings. The predicted molar refractivity (Wildman–Crippen MR) is 107 cm³/mol. The van der Waals surface area contributed by atoms with Crippen LogP contribution in [0.15, 0.2) is 23.2 Å². The van der Waals surface area contributed by atoms with E-state index in [1.54, 1.807) is 11.8 Å². The number of nitrogens with zero attached hydrogens (tertiary/aromatic N) is 1. The van der Waals surface area contributed by atoms with E-state index in [4.69, 9.17) is 15.2 Å². The Hall–Kier alpha value is -1.61. The van der Waals surface area contributed by atoms with Crippen molar-refractivity contribution in [2.45, 2.75) is 19.1 Å². The molecule has 1 amide bonds. The van der Waals surface area contributed by atoms with E-state index in [1.807, 2.05) is 25.1 Å². The number of anilines is 1. The lowest BCUT2D eigenvalue weighted by Crippen LogP contribution is -2.28. The van der Waals surface area contributed by atoms with Gasteiger partial charge < -0.3 is 25.8 Å². The minimum absolute atomic E-state index is 0.116. The number of rotatable bonds is 10. The summed E-state index contributed by atoms with van der Waals surface area (Å²) < 4.78 is 10.7. The third-order valence-corrected chi connectivity index (χ3v) is 4.71. The number of amidine groups is 1. The van der Waals surface area contributed by atoms with E-state index in [1.165, 1.54) is 0 Å². The first-order valence-electron chi connectivity index (χ1n) is 8.82. The van der Waals surface area contributed by atoms with Gasteiger partial charge in [-0.2, -0.15) is 0 Å².